The highest BCUT2D eigenvalue weighted by Gasteiger charge is 2.33. The van der Waals surface area contributed by atoms with Crippen molar-refractivity contribution >= 4 is 5.97 Å². The highest BCUT2D eigenvalue weighted by molar-refractivity contribution is 5.88. The van der Waals surface area contributed by atoms with Crippen LogP contribution in [0.1, 0.15) is 47.4 Å². The van der Waals surface area contributed by atoms with E-state index < -0.39 is 5.97 Å². The molecular formula is C25H24N4O3. The lowest BCUT2D eigenvalue weighted by atomic mass is 9.76. The second-order valence-corrected chi connectivity index (χ2v) is 9.06. The number of carboxylic acids is 1. The molecule has 0 bridgehead atoms. The molecule has 2 aromatic carbocycles. The van der Waals surface area contributed by atoms with Crippen LogP contribution in [-0.2, 0) is 19.4 Å². The zero-order valence-electron chi connectivity index (χ0n) is 18.1. The number of hydrogen-bond donors (Lipinski definition) is 1. The molecule has 4 aromatic rings. The smallest absolute Gasteiger partial charge is 0.335 e. The molecule has 7 nitrogen and oxygen atoms in total. The van der Waals surface area contributed by atoms with Crippen molar-refractivity contribution in [3.05, 3.63) is 77.0 Å². The van der Waals surface area contributed by atoms with E-state index in [4.69, 9.17) is 14.7 Å². The van der Waals surface area contributed by atoms with E-state index in [0.29, 0.717) is 23.8 Å². The minimum Gasteiger partial charge on any atom is -0.478 e. The first-order valence-corrected chi connectivity index (χ1v) is 10.7. The van der Waals surface area contributed by atoms with Gasteiger partial charge in [-0.05, 0) is 42.4 Å². The van der Waals surface area contributed by atoms with Crippen LogP contribution in [-0.4, -0.2) is 31.0 Å². The van der Waals surface area contributed by atoms with Crippen molar-refractivity contribution in [3.63, 3.8) is 0 Å². The van der Waals surface area contributed by atoms with E-state index in [1.54, 1.807) is 12.1 Å². The maximum Gasteiger partial charge on any atom is 0.335 e. The molecule has 5 rings (SSSR count). The van der Waals surface area contributed by atoms with Gasteiger partial charge in [-0.3, -0.25) is 4.68 Å². The molecule has 0 unspecified atom stereocenters. The average Bonchev–Trinajstić information content (AvgIpc) is 3.39. The van der Waals surface area contributed by atoms with E-state index >= 15 is 0 Å². The lowest BCUT2D eigenvalue weighted by Gasteiger charge is -2.30. The Bertz CT molecular complexity index is 1270. The Morgan fingerprint density at radius 3 is 2.59 bits per heavy atom. The Hall–Kier alpha value is -3.74. The van der Waals surface area contributed by atoms with Crippen LogP contribution in [0.5, 0.6) is 0 Å². The van der Waals surface area contributed by atoms with E-state index in [-0.39, 0.29) is 11.0 Å². The second kappa shape index (κ2) is 7.75. The maximum atomic E-state index is 11.1. The Kier molecular flexibility index (Phi) is 4.89. The number of hydrogen-bond acceptors (Lipinski definition) is 5. The van der Waals surface area contributed by atoms with Crippen molar-refractivity contribution < 1.29 is 14.4 Å². The van der Waals surface area contributed by atoms with Gasteiger partial charge >= 0.3 is 5.97 Å². The number of aromatic carboxylic acids is 1. The van der Waals surface area contributed by atoms with Gasteiger partial charge in [0.1, 0.15) is 0 Å². The molecule has 0 aliphatic heterocycles. The Morgan fingerprint density at radius 2 is 1.88 bits per heavy atom. The van der Waals surface area contributed by atoms with Crippen molar-refractivity contribution in [1.29, 1.82) is 0 Å². The summed E-state index contributed by atoms with van der Waals surface area (Å²) >= 11 is 0. The van der Waals surface area contributed by atoms with E-state index in [1.807, 2.05) is 18.2 Å². The molecule has 7 heteroatoms. The minimum absolute atomic E-state index is 0.213. The third-order valence-electron chi connectivity index (χ3n) is 6.06. The summed E-state index contributed by atoms with van der Waals surface area (Å²) in [6.45, 7) is 5.28. The molecule has 1 aliphatic rings. The molecule has 2 heterocycles. The summed E-state index contributed by atoms with van der Waals surface area (Å²) < 4.78 is 7.69. The van der Waals surface area contributed by atoms with Crippen molar-refractivity contribution in [2.75, 3.05) is 0 Å². The van der Waals surface area contributed by atoms with Crippen LogP contribution in [0, 0.1) is 5.41 Å². The SMILES string of the molecule is CC1(C)CCc2c(-c3nc(-c4ccc(C(=O)O)cc4)no3)nn(Cc3ccccc3)c2C1. The fourth-order valence-corrected chi connectivity index (χ4v) is 4.26. The van der Waals surface area contributed by atoms with Gasteiger partial charge < -0.3 is 9.63 Å². The van der Waals surface area contributed by atoms with Gasteiger partial charge in [-0.25, -0.2) is 4.79 Å². The van der Waals surface area contributed by atoms with Gasteiger partial charge in [0.05, 0.1) is 12.1 Å². The average molecular weight is 428 g/mol. The zero-order chi connectivity index (χ0) is 22.3. The maximum absolute atomic E-state index is 11.1. The quantitative estimate of drug-likeness (QED) is 0.488. The fourth-order valence-electron chi connectivity index (χ4n) is 4.26. The summed E-state index contributed by atoms with van der Waals surface area (Å²) in [6, 6.07) is 16.7. The lowest BCUT2D eigenvalue weighted by molar-refractivity contribution is 0.0697. The third kappa shape index (κ3) is 3.82. The van der Waals surface area contributed by atoms with Gasteiger partial charge in [-0.2, -0.15) is 10.1 Å². The molecule has 32 heavy (non-hydrogen) atoms. The summed E-state index contributed by atoms with van der Waals surface area (Å²) in [5.41, 5.74) is 5.47. The van der Waals surface area contributed by atoms with Crippen LogP contribution in [0.15, 0.2) is 59.1 Å². The van der Waals surface area contributed by atoms with Crippen LogP contribution in [0.25, 0.3) is 23.0 Å². The molecular weight excluding hydrogens is 404 g/mol. The molecule has 0 radical (unpaired) electrons. The minimum atomic E-state index is -0.969. The topological polar surface area (TPSA) is 94.0 Å². The highest BCUT2D eigenvalue weighted by atomic mass is 16.5. The van der Waals surface area contributed by atoms with E-state index in [1.165, 1.54) is 29.0 Å². The Labute approximate surface area is 185 Å². The predicted molar refractivity (Wildman–Crippen MR) is 119 cm³/mol. The van der Waals surface area contributed by atoms with Gasteiger partial charge in [-0.15, -0.1) is 0 Å². The molecule has 2 aromatic heterocycles. The summed E-state index contributed by atoms with van der Waals surface area (Å²) in [7, 11) is 0. The van der Waals surface area contributed by atoms with Crippen LogP contribution in [0.4, 0.5) is 0 Å². The number of rotatable bonds is 5. The largest absolute Gasteiger partial charge is 0.478 e. The first-order valence-electron chi connectivity index (χ1n) is 10.7. The number of aromatic nitrogens is 4. The van der Waals surface area contributed by atoms with Gasteiger partial charge in [-0.1, -0.05) is 61.5 Å². The van der Waals surface area contributed by atoms with Crippen LogP contribution < -0.4 is 0 Å². The standard InChI is InChI=1S/C25H24N4O3/c1-25(2)13-12-19-20(14-25)29(15-16-6-4-3-5-7-16)27-21(19)23-26-22(28-32-23)17-8-10-18(11-9-17)24(30)31/h3-11H,12-15H2,1-2H3,(H,30,31). The van der Waals surface area contributed by atoms with Gasteiger partial charge in [0, 0.05) is 16.8 Å². The zero-order valence-corrected chi connectivity index (χ0v) is 18.1. The molecule has 0 saturated heterocycles. The number of benzene rings is 2. The first kappa shape index (κ1) is 20.2. The van der Waals surface area contributed by atoms with Crippen molar-refractivity contribution in [2.24, 2.45) is 5.41 Å². The lowest BCUT2D eigenvalue weighted by Crippen LogP contribution is -2.24. The van der Waals surface area contributed by atoms with E-state index in [2.05, 4.69) is 40.8 Å². The molecule has 0 saturated carbocycles. The van der Waals surface area contributed by atoms with E-state index in [9.17, 15) is 4.79 Å². The van der Waals surface area contributed by atoms with Gasteiger partial charge in [0.15, 0.2) is 5.69 Å². The monoisotopic (exact) mass is 428 g/mol. The number of fused-ring (bicyclic) bond motifs is 1. The number of nitrogens with zero attached hydrogens (tertiary/aromatic N) is 4. The van der Waals surface area contributed by atoms with Crippen LogP contribution >= 0.6 is 0 Å². The van der Waals surface area contributed by atoms with Crippen molar-refractivity contribution in [3.8, 4) is 23.0 Å². The molecule has 0 amide bonds. The molecule has 1 N–H and O–H groups in total. The Morgan fingerprint density at radius 1 is 1.12 bits per heavy atom. The van der Waals surface area contributed by atoms with E-state index in [0.717, 1.165) is 25.0 Å². The van der Waals surface area contributed by atoms with Gasteiger partial charge in [0.25, 0.3) is 5.89 Å². The molecule has 0 spiro atoms. The summed E-state index contributed by atoms with van der Waals surface area (Å²) in [5.74, 6) is -0.159. The third-order valence-corrected chi connectivity index (χ3v) is 6.06. The normalized spacial score (nSPS) is 14.8. The van der Waals surface area contributed by atoms with Crippen molar-refractivity contribution in [1.82, 2.24) is 19.9 Å². The molecule has 1 aliphatic carbocycles. The fraction of sp³-hybridized carbons (Fsp3) is 0.280. The molecule has 162 valence electrons. The highest BCUT2D eigenvalue weighted by Crippen LogP contribution is 2.39. The van der Waals surface area contributed by atoms with Crippen molar-refractivity contribution in [2.45, 2.75) is 39.7 Å². The number of carbonyl (C=O) groups is 1. The predicted octanol–water partition coefficient (Wildman–Crippen LogP) is 4.86. The molecule has 0 atom stereocenters. The van der Waals surface area contributed by atoms with Crippen LogP contribution in [0.2, 0.25) is 0 Å². The number of carboxylic acid groups (broad SMARTS) is 1. The summed E-state index contributed by atoms with van der Waals surface area (Å²) in [6.07, 6.45) is 2.93. The van der Waals surface area contributed by atoms with Gasteiger partial charge in [0.2, 0.25) is 5.82 Å². The molecule has 0 fully saturated rings. The second-order valence-electron chi connectivity index (χ2n) is 9.06. The summed E-state index contributed by atoms with van der Waals surface area (Å²) in [5, 5.41) is 18.1. The summed E-state index contributed by atoms with van der Waals surface area (Å²) in [4.78, 5) is 15.7. The Balaban J connectivity index is 1.52. The first-order chi connectivity index (χ1) is 15.4. The van der Waals surface area contributed by atoms with Crippen LogP contribution in [0.3, 0.4) is 0 Å².